The van der Waals surface area contributed by atoms with E-state index in [1.54, 1.807) is 0 Å². The van der Waals surface area contributed by atoms with Crippen LogP contribution in [0.1, 0.15) is 82.3 Å². The van der Waals surface area contributed by atoms with Crippen molar-refractivity contribution < 1.29 is 0 Å². The van der Waals surface area contributed by atoms with Gasteiger partial charge < -0.3 is 0 Å². The standard InChI is InChI=1S/C24H34N2/c1-2-3-4-7-20-9-11-22(12-10-20)18-24(19-26)23-15-13-21(14-16-23)8-5-6-17-25/h9-12,21,23-24H,2-8,13-16,18H2,1H3/t21-,23-,24?. The molecule has 0 heterocycles. The SMILES string of the molecule is CCCCCc1ccc(CC(C#N)[C@H]2CC[C@H](CCCC#N)CC2)cc1. The van der Waals surface area contributed by atoms with E-state index in [0.29, 0.717) is 12.3 Å². The molecule has 0 aromatic heterocycles. The van der Waals surface area contributed by atoms with Crippen LogP contribution in [0.25, 0.3) is 0 Å². The molecule has 1 saturated carbocycles. The summed E-state index contributed by atoms with van der Waals surface area (Å²) in [5.41, 5.74) is 2.74. The van der Waals surface area contributed by atoms with Gasteiger partial charge in [-0.2, -0.15) is 10.5 Å². The highest BCUT2D eigenvalue weighted by Gasteiger charge is 2.27. The summed E-state index contributed by atoms with van der Waals surface area (Å²) in [4.78, 5) is 0. The number of unbranched alkanes of at least 4 members (excludes halogenated alkanes) is 3. The number of hydrogen-bond donors (Lipinski definition) is 0. The summed E-state index contributed by atoms with van der Waals surface area (Å²) in [6.07, 6.45) is 13.7. The third-order valence-corrected chi connectivity index (χ3v) is 6.07. The average molecular weight is 351 g/mol. The molecule has 2 rings (SSSR count). The van der Waals surface area contributed by atoms with Gasteiger partial charge in [-0.15, -0.1) is 0 Å². The molecule has 26 heavy (non-hydrogen) atoms. The Morgan fingerprint density at radius 3 is 2.27 bits per heavy atom. The van der Waals surface area contributed by atoms with Gasteiger partial charge in [0.2, 0.25) is 0 Å². The number of aryl methyl sites for hydroxylation is 1. The molecule has 0 radical (unpaired) electrons. The van der Waals surface area contributed by atoms with Gasteiger partial charge in [0.05, 0.1) is 18.1 Å². The molecule has 140 valence electrons. The van der Waals surface area contributed by atoms with Crippen LogP contribution in [-0.2, 0) is 12.8 Å². The van der Waals surface area contributed by atoms with Gasteiger partial charge >= 0.3 is 0 Å². The van der Waals surface area contributed by atoms with Crippen LogP contribution in [0, 0.1) is 40.4 Å². The molecule has 1 aromatic carbocycles. The number of nitrogens with zero attached hydrogens (tertiary/aromatic N) is 2. The smallest absolute Gasteiger partial charge is 0.0662 e. The van der Waals surface area contributed by atoms with E-state index in [4.69, 9.17) is 5.26 Å². The predicted octanol–water partition coefficient (Wildman–Crippen LogP) is 6.60. The van der Waals surface area contributed by atoms with E-state index in [2.05, 4.69) is 43.3 Å². The van der Waals surface area contributed by atoms with Crippen LogP contribution in [-0.4, -0.2) is 0 Å². The number of hydrogen-bond acceptors (Lipinski definition) is 2. The molecule has 0 N–H and O–H groups in total. The Hall–Kier alpha value is -1.80. The summed E-state index contributed by atoms with van der Waals surface area (Å²) in [6, 6.07) is 13.8. The summed E-state index contributed by atoms with van der Waals surface area (Å²) in [6.45, 7) is 2.24. The molecule has 0 saturated heterocycles. The van der Waals surface area contributed by atoms with Crippen molar-refractivity contribution in [1.29, 1.82) is 10.5 Å². The van der Waals surface area contributed by atoms with Crippen molar-refractivity contribution in [2.75, 3.05) is 0 Å². The second kappa shape index (κ2) is 11.7. The second-order valence-electron chi connectivity index (χ2n) is 8.04. The maximum Gasteiger partial charge on any atom is 0.0662 e. The number of benzene rings is 1. The Kier molecular flexibility index (Phi) is 9.27. The third-order valence-electron chi connectivity index (χ3n) is 6.07. The first kappa shape index (κ1) is 20.5. The quantitative estimate of drug-likeness (QED) is 0.446. The molecule has 0 spiro atoms. The van der Waals surface area contributed by atoms with Crippen LogP contribution >= 0.6 is 0 Å². The normalized spacial score (nSPS) is 20.9. The zero-order chi connectivity index (χ0) is 18.6. The van der Waals surface area contributed by atoms with E-state index in [9.17, 15) is 5.26 Å². The lowest BCUT2D eigenvalue weighted by atomic mass is 9.73. The van der Waals surface area contributed by atoms with Gasteiger partial charge in [-0.25, -0.2) is 0 Å². The van der Waals surface area contributed by atoms with Gasteiger partial charge in [-0.05, 0) is 67.9 Å². The summed E-state index contributed by atoms with van der Waals surface area (Å²) >= 11 is 0. The van der Waals surface area contributed by atoms with Crippen molar-refractivity contribution in [1.82, 2.24) is 0 Å². The van der Waals surface area contributed by atoms with Crippen LogP contribution < -0.4 is 0 Å². The summed E-state index contributed by atoms with van der Waals surface area (Å²) in [5.74, 6) is 1.48. The molecule has 1 aliphatic rings. The fourth-order valence-electron chi connectivity index (χ4n) is 4.34. The topological polar surface area (TPSA) is 47.6 Å². The van der Waals surface area contributed by atoms with Crippen LogP contribution in [0.15, 0.2) is 24.3 Å². The lowest BCUT2D eigenvalue weighted by Gasteiger charge is -2.31. The Morgan fingerprint density at radius 1 is 0.962 bits per heavy atom. The fourth-order valence-corrected chi connectivity index (χ4v) is 4.34. The second-order valence-corrected chi connectivity index (χ2v) is 8.04. The Labute approximate surface area is 160 Å². The first-order chi connectivity index (χ1) is 12.8. The maximum atomic E-state index is 9.69. The van der Waals surface area contributed by atoms with Gasteiger partial charge in [-0.3, -0.25) is 0 Å². The molecule has 0 bridgehead atoms. The van der Waals surface area contributed by atoms with Crippen molar-refractivity contribution >= 4 is 0 Å². The number of nitriles is 2. The zero-order valence-electron chi connectivity index (χ0n) is 16.4. The lowest BCUT2D eigenvalue weighted by Crippen LogP contribution is -2.22. The number of rotatable bonds is 10. The van der Waals surface area contributed by atoms with Crippen LogP contribution in [0.5, 0.6) is 0 Å². The predicted molar refractivity (Wildman–Crippen MR) is 107 cm³/mol. The highest BCUT2D eigenvalue weighted by atomic mass is 14.4. The average Bonchev–Trinajstić information content (AvgIpc) is 2.68. The van der Waals surface area contributed by atoms with E-state index in [0.717, 1.165) is 18.8 Å². The van der Waals surface area contributed by atoms with Crippen LogP contribution in [0.2, 0.25) is 0 Å². The highest BCUT2D eigenvalue weighted by Crippen LogP contribution is 2.36. The van der Waals surface area contributed by atoms with Crippen molar-refractivity contribution in [2.24, 2.45) is 17.8 Å². The van der Waals surface area contributed by atoms with E-state index in [1.807, 2.05) is 0 Å². The Bertz CT molecular complexity index is 582. The largest absolute Gasteiger partial charge is 0.198 e. The molecular weight excluding hydrogens is 316 g/mol. The van der Waals surface area contributed by atoms with Crippen molar-refractivity contribution in [3.05, 3.63) is 35.4 Å². The van der Waals surface area contributed by atoms with E-state index >= 15 is 0 Å². The third kappa shape index (κ3) is 6.84. The monoisotopic (exact) mass is 350 g/mol. The van der Waals surface area contributed by atoms with Gasteiger partial charge in [0.1, 0.15) is 0 Å². The van der Waals surface area contributed by atoms with Crippen molar-refractivity contribution in [3.63, 3.8) is 0 Å². The molecule has 0 aliphatic heterocycles. The van der Waals surface area contributed by atoms with Gasteiger partial charge in [-0.1, -0.05) is 56.9 Å². The van der Waals surface area contributed by atoms with Crippen molar-refractivity contribution in [2.45, 2.75) is 84.0 Å². The minimum Gasteiger partial charge on any atom is -0.198 e. The van der Waals surface area contributed by atoms with E-state index in [1.165, 1.54) is 68.9 Å². The summed E-state index contributed by atoms with van der Waals surface area (Å²) in [7, 11) is 0. The first-order valence-corrected chi connectivity index (χ1v) is 10.6. The van der Waals surface area contributed by atoms with Crippen molar-refractivity contribution in [3.8, 4) is 12.1 Å². The fraction of sp³-hybridized carbons (Fsp3) is 0.667. The summed E-state index contributed by atoms with van der Waals surface area (Å²) in [5, 5.41) is 18.4. The van der Waals surface area contributed by atoms with Crippen LogP contribution in [0.3, 0.4) is 0 Å². The molecule has 1 aliphatic carbocycles. The first-order valence-electron chi connectivity index (χ1n) is 10.6. The zero-order valence-corrected chi connectivity index (χ0v) is 16.4. The van der Waals surface area contributed by atoms with E-state index in [-0.39, 0.29) is 5.92 Å². The van der Waals surface area contributed by atoms with Crippen LogP contribution in [0.4, 0.5) is 0 Å². The molecule has 1 atom stereocenters. The van der Waals surface area contributed by atoms with Gasteiger partial charge in [0.15, 0.2) is 0 Å². The molecule has 2 heteroatoms. The molecular formula is C24H34N2. The molecule has 1 fully saturated rings. The molecule has 2 nitrogen and oxygen atoms in total. The van der Waals surface area contributed by atoms with Gasteiger partial charge in [0, 0.05) is 6.42 Å². The Balaban J connectivity index is 1.79. The molecule has 1 unspecified atom stereocenters. The lowest BCUT2D eigenvalue weighted by molar-refractivity contribution is 0.222. The minimum absolute atomic E-state index is 0.154. The molecule has 0 amide bonds. The van der Waals surface area contributed by atoms with E-state index < -0.39 is 0 Å². The highest BCUT2D eigenvalue weighted by molar-refractivity contribution is 5.24. The summed E-state index contributed by atoms with van der Waals surface area (Å²) < 4.78 is 0. The van der Waals surface area contributed by atoms with Gasteiger partial charge in [0.25, 0.3) is 0 Å². The molecule has 1 aromatic rings. The maximum absolute atomic E-state index is 9.69. The minimum atomic E-state index is 0.154. The Morgan fingerprint density at radius 2 is 1.65 bits per heavy atom.